The molecule has 0 bridgehead atoms. The van der Waals surface area contributed by atoms with Crippen molar-refractivity contribution in [2.24, 2.45) is 5.73 Å². The van der Waals surface area contributed by atoms with Crippen molar-refractivity contribution in [3.05, 3.63) is 36.1 Å². The molecule has 1 nitrogen and oxygen atoms in total. The van der Waals surface area contributed by atoms with Gasteiger partial charge in [-0.15, -0.1) is 0 Å². The van der Waals surface area contributed by atoms with Gasteiger partial charge >= 0.3 is 0 Å². The van der Waals surface area contributed by atoms with Gasteiger partial charge in [0.1, 0.15) is 0 Å². The standard InChI is InChI=1S/C9H15N.C2H6/c1-4-8(3)6-7-9(10)5-2;1-2/h5-7H,2,4,10H2,1,3H3;1-2H3/b8-6+,9-7+;. The average molecular weight is 167 g/mol. The molecular formula is C11H21N. The Labute approximate surface area is 76.7 Å². The molecular weight excluding hydrogens is 146 g/mol. The van der Waals surface area contributed by atoms with Crippen LogP contribution in [0.1, 0.15) is 34.1 Å². The lowest BCUT2D eigenvalue weighted by Gasteiger charge is -1.90. The van der Waals surface area contributed by atoms with Crippen molar-refractivity contribution in [3.63, 3.8) is 0 Å². The maximum absolute atomic E-state index is 5.47. The van der Waals surface area contributed by atoms with E-state index in [1.165, 1.54) is 5.57 Å². The highest BCUT2D eigenvalue weighted by Gasteiger charge is 1.80. The largest absolute Gasteiger partial charge is 0.399 e. The van der Waals surface area contributed by atoms with Gasteiger partial charge in [0, 0.05) is 5.70 Å². The van der Waals surface area contributed by atoms with Crippen LogP contribution in [0.15, 0.2) is 36.1 Å². The lowest BCUT2D eigenvalue weighted by molar-refractivity contribution is 1.10. The molecule has 0 fully saturated rings. The first-order valence-corrected chi connectivity index (χ1v) is 4.46. The molecule has 0 atom stereocenters. The molecule has 0 aromatic rings. The summed E-state index contributed by atoms with van der Waals surface area (Å²) < 4.78 is 0. The van der Waals surface area contributed by atoms with Crippen molar-refractivity contribution in [1.82, 2.24) is 0 Å². The van der Waals surface area contributed by atoms with E-state index in [2.05, 4.69) is 20.4 Å². The van der Waals surface area contributed by atoms with Crippen LogP contribution in [0.5, 0.6) is 0 Å². The van der Waals surface area contributed by atoms with Gasteiger partial charge in [0.25, 0.3) is 0 Å². The zero-order chi connectivity index (χ0) is 9.98. The van der Waals surface area contributed by atoms with Gasteiger partial charge in [-0.05, 0) is 25.5 Å². The zero-order valence-corrected chi connectivity index (χ0v) is 8.72. The smallest absolute Gasteiger partial charge is 0.0308 e. The Hall–Kier alpha value is -0.980. The third-order valence-electron chi connectivity index (χ3n) is 1.35. The van der Waals surface area contributed by atoms with Gasteiger partial charge in [0.2, 0.25) is 0 Å². The molecule has 0 unspecified atom stereocenters. The molecule has 0 amide bonds. The zero-order valence-electron chi connectivity index (χ0n) is 8.72. The van der Waals surface area contributed by atoms with Gasteiger partial charge < -0.3 is 5.73 Å². The Kier molecular flexibility index (Phi) is 11.4. The van der Waals surface area contributed by atoms with E-state index in [0.29, 0.717) is 5.70 Å². The van der Waals surface area contributed by atoms with Gasteiger partial charge in [-0.3, -0.25) is 0 Å². The topological polar surface area (TPSA) is 26.0 Å². The Morgan fingerprint density at radius 1 is 1.33 bits per heavy atom. The molecule has 2 N–H and O–H groups in total. The monoisotopic (exact) mass is 167 g/mol. The van der Waals surface area contributed by atoms with E-state index in [1.807, 2.05) is 26.0 Å². The van der Waals surface area contributed by atoms with Crippen LogP contribution in [-0.2, 0) is 0 Å². The fraction of sp³-hybridized carbons (Fsp3) is 0.455. The van der Waals surface area contributed by atoms with Gasteiger partial charge in [-0.1, -0.05) is 39.0 Å². The summed E-state index contributed by atoms with van der Waals surface area (Å²) in [6.07, 6.45) is 6.59. The second kappa shape index (κ2) is 10.0. The van der Waals surface area contributed by atoms with E-state index < -0.39 is 0 Å². The molecule has 12 heavy (non-hydrogen) atoms. The van der Waals surface area contributed by atoms with E-state index in [0.717, 1.165) is 6.42 Å². The Morgan fingerprint density at radius 2 is 1.83 bits per heavy atom. The first-order chi connectivity index (χ1) is 5.70. The van der Waals surface area contributed by atoms with Crippen molar-refractivity contribution >= 4 is 0 Å². The van der Waals surface area contributed by atoms with Crippen LogP contribution in [0.2, 0.25) is 0 Å². The number of nitrogens with two attached hydrogens (primary N) is 1. The quantitative estimate of drug-likeness (QED) is 0.640. The predicted octanol–water partition coefficient (Wildman–Crippen LogP) is 3.40. The lowest BCUT2D eigenvalue weighted by atomic mass is 10.2. The molecule has 0 aliphatic rings. The van der Waals surface area contributed by atoms with Gasteiger partial charge in [0.05, 0.1) is 0 Å². The van der Waals surface area contributed by atoms with Crippen LogP contribution in [0, 0.1) is 0 Å². The van der Waals surface area contributed by atoms with Gasteiger partial charge in [0.15, 0.2) is 0 Å². The summed E-state index contributed by atoms with van der Waals surface area (Å²) >= 11 is 0. The van der Waals surface area contributed by atoms with Crippen LogP contribution < -0.4 is 5.73 Å². The summed E-state index contributed by atoms with van der Waals surface area (Å²) in [5.41, 5.74) is 7.51. The summed E-state index contributed by atoms with van der Waals surface area (Å²) in [6.45, 7) is 11.7. The highest BCUT2D eigenvalue weighted by Crippen LogP contribution is 1.98. The SMILES string of the molecule is C=C/C(N)=C\C=C(/C)CC.CC. The molecule has 0 spiro atoms. The van der Waals surface area contributed by atoms with E-state index >= 15 is 0 Å². The van der Waals surface area contributed by atoms with E-state index in [1.54, 1.807) is 6.08 Å². The molecule has 0 saturated heterocycles. The molecule has 0 aromatic carbocycles. The maximum Gasteiger partial charge on any atom is 0.0308 e. The molecule has 70 valence electrons. The Morgan fingerprint density at radius 3 is 2.17 bits per heavy atom. The highest BCUT2D eigenvalue weighted by atomic mass is 14.5. The van der Waals surface area contributed by atoms with Crippen LogP contribution in [-0.4, -0.2) is 0 Å². The van der Waals surface area contributed by atoms with Crippen LogP contribution in [0.4, 0.5) is 0 Å². The fourth-order valence-electron chi connectivity index (χ4n) is 0.424. The fourth-order valence-corrected chi connectivity index (χ4v) is 0.424. The Bertz CT molecular complexity index is 164. The first kappa shape index (κ1) is 13.6. The molecule has 0 heterocycles. The van der Waals surface area contributed by atoms with E-state index in [4.69, 9.17) is 5.73 Å². The van der Waals surface area contributed by atoms with E-state index in [9.17, 15) is 0 Å². The predicted molar refractivity (Wildman–Crippen MR) is 57.9 cm³/mol. The first-order valence-electron chi connectivity index (χ1n) is 4.46. The number of hydrogen-bond donors (Lipinski definition) is 1. The summed E-state index contributed by atoms with van der Waals surface area (Å²) in [5.74, 6) is 0. The third-order valence-corrected chi connectivity index (χ3v) is 1.35. The van der Waals surface area contributed by atoms with Gasteiger partial charge in [-0.25, -0.2) is 0 Å². The van der Waals surface area contributed by atoms with Crippen LogP contribution >= 0.6 is 0 Å². The van der Waals surface area contributed by atoms with Crippen LogP contribution in [0.3, 0.4) is 0 Å². The number of allylic oxidation sites excluding steroid dienone is 4. The van der Waals surface area contributed by atoms with Crippen LogP contribution in [0.25, 0.3) is 0 Å². The number of rotatable bonds is 3. The van der Waals surface area contributed by atoms with Crippen molar-refractivity contribution < 1.29 is 0 Å². The van der Waals surface area contributed by atoms with Crippen molar-refractivity contribution in [1.29, 1.82) is 0 Å². The minimum absolute atomic E-state index is 0.716. The van der Waals surface area contributed by atoms with Crippen molar-refractivity contribution in [3.8, 4) is 0 Å². The summed E-state index contributed by atoms with van der Waals surface area (Å²) in [7, 11) is 0. The molecule has 0 aromatic heterocycles. The summed E-state index contributed by atoms with van der Waals surface area (Å²) in [4.78, 5) is 0. The molecule has 1 heteroatoms. The maximum atomic E-state index is 5.47. The van der Waals surface area contributed by atoms with Gasteiger partial charge in [-0.2, -0.15) is 0 Å². The molecule has 0 rings (SSSR count). The summed E-state index contributed by atoms with van der Waals surface area (Å²) in [5, 5.41) is 0. The normalized spacial score (nSPS) is 11.7. The minimum Gasteiger partial charge on any atom is -0.399 e. The second-order valence-corrected chi connectivity index (χ2v) is 2.24. The lowest BCUT2D eigenvalue weighted by Crippen LogP contribution is -1.90. The van der Waals surface area contributed by atoms with E-state index in [-0.39, 0.29) is 0 Å². The van der Waals surface area contributed by atoms with Crippen molar-refractivity contribution in [2.45, 2.75) is 34.1 Å². The highest BCUT2D eigenvalue weighted by molar-refractivity contribution is 5.20. The number of hydrogen-bond acceptors (Lipinski definition) is 1. The molecule has 0 saturated carbocycles. The molecule has 0 aliphatic heterocycles. The minimum atomic E-state index is 0.716. The van der Waals surface area contributed by atoms with Crippen molar-refractivity contribution in [2.75, 3.05) is 0 Å². The second-order valence-electron chi connectivity index (χ2n) is 2.24. The summed E-state index contributed by atoms with van der Waals surface area (Å²) in [6, 6.07) is 0. The average Bonchev–Trinajstić information content (AvgIpc) is 2.16. The molecule has 0 aliphatic carbocycles. The molecule has 0 radical (unpaired) electrons. The Balaban J connectivity index is 0. The third kappa shape index (κ3) is 9.02.